The second kappa shape index (κ2) is 9.97. The van der Waals surface area contributed by atoms with E-state index in [1.807, 2.05) is 24.3 Å². The number of piperidine rings is 1. The normalized spacial score (nSPS) is 14.1. The molecule has 192 valence electrons. The molecule has 0 unspecified atom stereocenters. The molecule has 1 aliphatic rings. The van der Waals surface area contributed by atoms with Gasteiger partial charge in [0.2, 0.25) is 0 Å². The lowest BCUT2D eigenvalue weighted by atomic mass is 9.93. The molecular formula is C28H30FN5O2S. The highest BCUT2D eigenvalue weighted by molar-refractivity contribution is 7.20. The molecule has 0 radical (unpaired) electrons. The van der Waals surface area contributed by atoms with Crippen LogP contribution in [0, 0.1) is 5.82 Å². The minimum Gasteiger partial charge on any atom is -0.372 e. The molecule has 37 heavy (non-hydrogen) atoms. The highest BCUT2D eigenvalue weighted by atomic mass is 32.1. The molecule has 5 rings (SSSR count). The summed E-state index contributed by atoms with van der Waals surface area (Å²) in [4.78, 5) is 31.2. The summed E-state index contributed by atoms with van der Waals surface area (Å²) in [6.45, 7) is 5.61. The summed E-state index contributed by atoms with van der Waals surface area (Å²) >= 11 is 1.22. The SMILES string of the molecule is CN(C(=O)c1ccc(N2CCCCC2)cc1)c1[nH]nc2sc(C(=O)NC(C)(C)c3ccccc3F)cc12. The lowest BCUT2D eigenvalue weighted by Gasteiger charge is -2.29. The van der Waals surface area contributed by atoms with Crippen LogP contribution in [0.4, 0.5) is 15.9 Å². The Morgan fingerprint density at radius 1 is 1.08 bits per heavy atom. The van der Waals surface area contributed by atoms with Gasteiger partial charge in [-0.2, -0.15) is 5.10 Å². The first-order chi connectivity index (χ1) is 17.7. The van der Waals surface area contributed by atoms with E-state index >= 15 is 0 Å². The fourth-order valence-electron chi connectivity index (χ4n) is 4.81. The number of halogens is 1. The van der Waals surface area contributed by atoms with Gasteiger partial charge in [0.1, 0.15) is 16.5 Å². The van der Waals surface area contributed by atoms with Gasteiger partial charge in [0.15, 0.2) is 0 Å². The Morgan fingerprint density at radius 2 is 1.78 bits per heavy atom. The third-order valence-corrected chi connectivity index (χ3v) is 7.93. The number of carbonyl (C=O) groups is 2. The highest BCUT2D eigenvalue weighted by Crippen LogP contribution is 2.33. The maximum Gasteiger partial charge on any atom is 0.262 e. The molecule has 1 aliphatic heterocycles. The zero-order valence-corrected chi connectivity index (χ0v) is 22.0. The molecule has 4 aromatic rings. The van der Waals surface area contributed by atoms with Crippen LogP contribution in [0.25, 0.3) is 10.2 Å². The van der Waals surface area contributed by atoms with Gasteiger partial charge >= 0.3 is 0 Å². The van der Waals surface area contributed by atoms with Gasteiger partial charge in [-0.3, -0.25) is 19.6 Å². The Labute approximate surface area is 219 Å². The first kappa shape index (κ1) is 25.0. The Balaban J connectivity index is 1.33. The van der Waals surface area contributed by atoms with E-state index in [0.717, 1.165) is 18.8 Å². The molecule has 0 bridgehead atoms. The van der Waals surface area contributed by atoms with E-state index in [1.54, 1.807) is 45.2 Å². The molecule has 2 N–H and O–H groups in total. The van der Waals surface area contributed by atoms with Crippen LogP contribution in [0.15, 0.2) is 54.6 Å². The molecule has 9 heteroatoms. The van der Waals surface area contributed by atoms with Gasteiger partial charge in [-0.05, 0) is 69.5 Å². The molecule has 0 saturated carbocycles. The van der Waals surface area contributed by atoms with Crippen molar-refractivity contribution in [3.8, 4) is 0 Å². The standard InChI is InChI=1S/C28H30FN5O2S/c1-28(2,21-9-5-6-10-22(21)29)30-25(35)23-17-20-24(31-32-26(20)37-23)33(3)27(36)18-11-13-19(14-12-18)34-15-7-4-8-16-34/h5-6,9-14,17H,4,7-8,15-16H2,1-3H3,(H,30,35)(H,31,32). The molecule has 2 aromatic heterocycles. The quantitative estimate of drug-likeness (QED) is 0.343. The Kier molecular flexibility index (Phi) is 6.72. The summed E-state index contributed by atoms with van der Waals surface area (Å²) < 4.78 is 14.3. The first-order valence-corrected chi connectivity index (χ1v) is 13.2. The molecule has 2 amide bonds. The van der Waals surface area contributed by atoms with E-state index < -0.39 is 5.54 Å². The van der Waals surface area contributed by atoms with Crippen molar-refractivity contribution in [2.24, 2.45) is 0 Å². The summed E-state index contributed by atoms with van der Waals surface area (Å²) in [6.07, 6.45) is 3.66. The van der Waals surface area contributed by atoms with Crippen LogP contribution in [0.1, 0.15) is 58.7 Å². The number of anilines is 2. The monoisotopic (exact) mass is 519 g/mol. The number of amides is 2. The van der Waals surface area contributed by atoms with Gasteiger partial charge in [-0.25, -0.2) is 4.39 Å². The van der Waals surface area contributed by atoms with Crippen molar-refractivity contribution in [2.45, 2.75) is 38.6 Å². The maximum absolute atomic E-state index is 14.3. The largest absolute Gasteiger partial charge is 0.372 e. The van der Waals surface area contributed by atoms with Crippen LogP contribution < -0.4 is 15.1 Å². The van der Waals surface area contributed by atoms with Gasteiger partial charge in [0.05, 0.1) is 15.8 Å². The smallest absolute Gasteiger partial charge is 0.262 e. The van der Waals surface area contributed by atoms with Crippen molar-refractivity contribution in [1.82, 2.24) is 15.5 Å². The van der Waals surface area contributed by atoms with Crippen LogP contribution in [0.3, 0.4) is 0 Å². The fourth-order valence-corrected chi connectivity index (χ4v) is 5.69. The average Bonchev–Trinajstić information content (AvgIpc) is 3.50. The van der Waals surface area contributed by atoms with Gasteiger partial charge in [-0.15, -0.1) is 11.3 Å². The summed E-state index contributed by atoms with van der Waals surface area (Å²) in [5.74, 6) is -0.359. The number of rotatable bonds is 6. The topological polar surface area (TPSA) is 81.3 Å². The lowest BCUT2D eigenvalue weighted by Crippen LogP contribution is -2.41. The van der Waals surface area contributed by atoms with Crippen molar-refractivity contribution in [3.63, 3.8) is 0 Å². The van der Waals surface area contributed by atoms with Gasteiger partial charge < -0.3 is 10.2 Å². The second-order valence-electron chi connectivity index (χ2n) is 9.92. The average molecular weight is 520 g/mol. The number of nitrogens with zero attached hydrogens (tertiary/aromatic N) is 3. The van der Waals surface area contributed by atoms with Crippen LogP contribution >= 0.6 is 11.3 Å². The van der Waals surface area contributed by atoms with E-state index in [1.165, 1.54) is 41.6 Å². The summed E-state index contributed by atoms with van der Waals surface area (Å²) in [5.41, 5.74) is 1.20. The molecular weight excluding hydrogens is 489 g/mol. The van der Waals surface area contributed by atoms with Crippen LogP contribution in [0.2, 0.25) is 0 Å². The Bertz CT molecular complexity index is 1440. The van der Waals surface area contributed by atoms with Crippen LogP contribution in [0.5, 0.6) is 0 Å². The number of H-pyrrole nitrogens is 1. The number of aromatic amines is 1. The number of benzene rings is 2. The van der Waals surface area contributed by atoms with E-state index in [9.17, 15) is 14.0 Å². The molecule has 7 nitrogen and oxygen atoms in total. The van der Waals surface area contributed by atoms with E-state index in [0.29, 0.717) is 32.0 Å². The zero-order valence-electron chi connectivity index (χ0n) is 21.2. The number of hydrogen-bond acceptors (Lipinski definition) is 5. The van der Waals surface area contributed by atoms with Crippen LogP contribution in [-0.4, -0.2) is 42.1 Å². The zero-order chi connectivity index (χ0) is 26.2. The number of hydrogen-bond donors (Lipinski definition) is 2. The molecule has 3 heterocycles. The molecule has 1 saturated heterocycles. The third-order valence-electron chi connectivity index (χ3n) is 6.90. The first-order valence-electron chi connectivity index (χ1n) is 12.4. The number of carbonyl (C=O) groups excluding carboxylic acids is 2. The van der Waals surface area contributed by atoms with Crippen molar-refractivity contribution in [2.75, 3.05) is 29.9 Å². The van der Waals surface area contributed by atoms with E-state index in [4.69, 9.17) is 0 Å². The third kappa shape index (κ3) is 4.96. The number of nitrogens with one attached hydrogen (secondary N) is 2. The van der Waals surface area contributed by atoms with Gasteiger partial charge in [-0.1, -0.05) is 18.2 Å². The molecule has 0 atom stereocenters. The molecule has 2 aromatic carbocycles. The van der Waals surface area contributed by atoms with Crippen molar-refractivity contribution >= 4 is 44.9 Å². The highest BCUT2D eigenvalue weighted by Gasteiger charge is 2.28. The lowest BCUT2D eigenvalue weighted by molar-refractivity contribution is 0.0914. The van der Waals surface area contributed by atoms with Gasteiger partial charge in [0, 0.05) is 37.0 Å². The molecule has 1 fully saturated rings. The van der Waals surface area contributed by atoms with Crippen molar-refractivity contribution < 1.29 is 14.0 Å². The number of thiophene rings is 1. The predicted molar refractivity (Wildman–Crippen MR) is 146 cm³/mol. The minimum atomic E-state index is -0.911. The van der Waals surface area contributed by atoms with Crippen molar-refractivity contribution in [1.29, 1.82) is 0 Å². The van der Waals surface area contributed by atoms with E-state index in [2.05, 4.69) is 20.4 Å². The predicted octanol–water partition coefficient (Wildman–Crippen LogP) is 5.70. The van der Waals surface area contributed by atoms with Crippen LogP contribution in [-0.2, 0) is 5.54 Å². The molecule has 0 aliphatic carbocycles. The second-order valence-corrected chi connectivity index (χ2v) is 11.0. The fraction of sp³-hybridized carbons (Fsp3) is 0.321. The summed E-state index contributed by atoms with van der Waals surface area (Å²) in [6, 6.07) is 15.8. The summed E-state index contributed by atoms with van der Waals surface area (Å²) in [5, 5.41) is 10.8. The van der Waals surface area contributed by atoms with Gasteiger partial charge in [0.25, 0.3) is 11.8 Å². The maximum atomic E-state index is 14.3. The van der Waals surface area contributed by atoms with E-state index in [-0.39, 0.29) is 17.6 Å². The Hall–Kier alpha value is -3.72. The Morgan fingerprint density at radius 3 is 2.49 bits per heavy atom. The number of fused-ring (bicyclic) bond motifs is 1. The van der Waals surface area contributed by atoms with Crippen molar-refractivity contribution in [3.05, 3.63) is 76.4 Å². The molecule has 0 spiro atoms. The number of aromatic nitrogens is 2. The minimum absolute atomic E-state index is 0.173. The summed E-state index contributed by atoms with van der Waals surface area (Å²) in [7, 11) is 1.69.